The molecule has 0 aliphatic carbocycles. The van der Waals surface area contributed by atoms with Gasteiger partial charge in [0.2, 0.25) is 0 Å². The summed E-state index contributed by atoms with van der Waals surface area (Å²) < 4.78 is 13.6. The summed E-state index contributed by atoms with van der Waals surface area (Å²) in [7, 11) is 0. The maximum absolute atomic E-state index is 13.6. The SMILES string of the molecule is Cc1ccc(F)cc1C(CN)N1CCCC(C(C)C)CC1. The molecule has 3 heteroatoms. The maximum Gasteiger partial charge on any atom is 0.123 e. The van der Waals surface area contributed by atoms with E-state index in [0.717, 1.165) is 36.1 Å². The van der Waals surface area contributed by atoms with Crippen LogP contribution >= 0.6 is 0 Å². The zero-order chi connectivity index (χ0) is 15.4. The van der Waals surface area contributed by atoms with Crippen molar-refractivity contribution in [3.05, 3.63) is 35.1 Å². The first-order valence-electron chi connectivity index (χ1n) is 8.23. The van der Waals surface area contributed by atoms with Gasteiger partial charge >= 0.3 is 0 Å². The Bertz CT molecular complexity index is 459. The summed E-state index contributed by atoms with van der Waals surface area (Å²) in [6.07, 6.45) is 3.74. The Kier molecular flexibility index (Phi) is 5.77. The van der Waals surface area contributed by atoms with Gasteiger partial charge in [0, 0.05) is 12.6 Å². The van der Waals surface area contributed by atoms with Gasteiger partial charge in [0.15, 0.2) is 0 Å². The lowest BCUT2D eigenvalue weighted by Crippen LogP contribution is -2.35. The number of hydrogen-bond donors (Lipinski definition) is 1. The number of nitrogens with two attached hydrogens (primary N) is 1. The topological polar surface area (TPSA) is 29.3 Å². The molecule has 1 aliphatic heterocycles. The lowest BCUT2D eigenvalue weighted by molar-refractivity contribution is 0.203. The van der Waals surface area contributed by atoms with Gasteiger partial charge in [-0.25, -0.2) is 4.39 Å². The highest BCUT2D eigenvalue weighted by Gasteiger charge is 2.25. The molecule has 2 rings (SSSR count). The summed E-state index contributed by atoms with van der Waals surface area (Å²) in [5.74, 6) is 1.39. The minimum Gasteiger partial charge on any atom is -0.329 e. The zero-order valence-corrected chi connectivity index (χ0v) is 13.6. The van der Waals surface area contributed by atoms with E-state index in [1.54, 1.807) is 6.07 Å². The summed E-state index contributed by atoms with van der Waals surface area (Å²) in [6, 6.07) is 5.20. The van der Waals surface area contributed by atoms with Crippen LogP contribution in [0.4, 0.5) is 4.39 Å². The van der Waals surface area contributed by atoms with Gasteiger partial charge < -0.3 is 5.73 Å². The molecule has 1 aromatic carbocycles. The molecule has 2 unspecified atom stereocenters. The number of likely N-dealkylation sites (tertiary alicyclic amines) is 1. The highest BCUT2D eigenvalue weighted by molar-refractivity contribution is 5.30. The van der Waals surface area contributed by atoms with Crippen molar-refractivity contribution in [2.24, 2.45) is 17.6 Å². The minimum absolute atomic E-state index is 0.145. The first kappa shape index (κ1) is 16.4. The molecule has 0 spiro atoms. The summed E-state index contributed by atoms with van der Waals surface area (Å²) >= 11 is 0. The van der Waals surface area contributed by atoms with Gasteiger partial charge in [0.05, 0.1) is 0 Å². The molecule has 1 heterocycles. The predicted octanol–water partition coefficient (Wildman–Crippen LogP) is 3.89. The standard InChI is InChI=1S/C18H29FN2/c1-13(2)15-5-4-9-21(10-8-15)18(12-20)17-11-16(19)7-6-14(17)3/h6-7,11,13,15,18H,4-5,8-10,12,20H2,1-3H3. The van der Waals surface area contributed by atoms with Crippen molar-refractivity contribution in [3.63, 3.8) is 0 Å². The van der Waals surface area contributed by atoms with Crippen LogP contribution in [0.25, 0.3) is 0 Å². The maximum atomic E-state index is 13.6. The highest BCUT2D eigenvalue weighted by atomic mass is 19.1. The van der Waals surface area contributed by atoms with E-state index in [0.29, 0.717) is 6.54 Å². The Morgan fingerprint density at radius 1 is 1.29 bits per heavy atom. The van der Waals surface area contributed by atoms with E-state index < -0.39 is 0 Å². The van der Waals surface area contributed by atoms with E-state index in [1.807, 2.05) is 13.0 Å². The van der Waals surface area contributed by atoms with Crippen LogP contribution in [0.1, 0.15) is 50.3 Å². The van der Waals surface area contributed by atoms with Crippen LogP contribution in [-0.2, 0) is 0 Å². The summed E-state index contributed by atoms with van der Waals surface area (Å²) in [6.45, 7) is 9.37. The van der Waals surface area contributed by atoms with E-state index in [9.17, 15) is 4.39 Å². The molecule has 0 amide bonds. The fourth-order valence-electron chi connectivity index (χ4n) is 3.57. The monoisotopic (exact) mass is 292 g/mol. The normalized spacial score (nSPS) is 22.3. The van der Waals surface area contributed by atoms with Crippen LogP contribution in [0, 0.1) is 24.6 Å². The van der Waals surface area contributed by atoms with Gasteiger partial charge in [-0.15, -0.1) is 0 Å². The van der Waals surface area contributed by atoms with Crippen molar-refractivity contribution in [3.8, 4) is 0 Å². The summed E-state index contributed by atoms with van der Waals surface area (Å²) in [5, 5.41) is 0. The fraction of sp³-hybridized carbons (Fsp3) is 0.667. The van der Waals surface area contributed by atoms with E-state index in [-0.39, 0.29) is 11.9 Å². The Labute approximate surface area is 128 Å². The Morgan fingerprint density at radius 3 is 2.71 bits per heavy atom. The van der Waals surface area contributed by atoms with Gasteiger partial charge in [0.1, 0.15) is 5.82 Å². The third-order valence-corrected chi connectivity index (χ3v) is 5.01. The third kappa shape index (κ3) is 4.04. The molecule has 0 radical (unpaired) electrons. The quantitative estimate of drug-likeness (QED) is 0.912. The first-order chi connectivity index (χ1) is 10.0. The first-order valence-corrected chi connectivity index (χ1v) is 8.23. The molecule has 0 bridgehead atoms. The molecule has 2 N–H and O–H groups in total. The van der Waals surface area contributed by atoms with Gasteiger partial charge in [0.25, 0.3) is 0 Å². The third-order valence-electron chi connectivity index (χ3n) is 5.01. The number of aryl methyl sites for hydroxylation is 1. The van der Waals surface area contributed by atoms with Gasteiger partial charge in [-0.05, 0) is 74.4 Å². The van der Waals surface area contributed by atoms with Crippen molar-refractivity contribution in [1.82, 2.24) is 4.90 Å². The molecule has 2 atom stereocenters. The van der Waals surface area contributed by atoms with E-state index in [2.05, 4.69) is 18.7 Å². The molecule has 0 saturated carbocycles. The lowest BCUT2D eigenvalue weighted by atomic mass is 9.89. The Morgan fingerprint density at radius 2 is 2.05 bits per heavy atom. The molecule has 1 saturated heterocycles. The van der Waals surface area contributed by atoms with Gasteiger partial charge in [-0.2, -0.15) is 0 Å². The fourth-order valence-corrected chi connectivity index (χ4v) is 3.57. The molecule has 1 aromatic rings. The number of rotatable bonds is 4. The largest absolute Gasteiger partial charge is 0.329 e. The van der Waals surface area contributed by atoms with Crippen molar-refractivity contribution in [1.29, 1.82) is 0 Å². The van der Waals surface area contributed by atoms with Crippen molar-refractivity contribution < 1.29 is 4.39 Å². The average molecular weight is 292 g/mol. The number of benzene rings is 1. The van der Waals surface area contributed by atoms with Gasteiger partial charge in [-0.3, -0.25) is 4.90 Å². The molecular formula is C18H29FN2. The van der Waals surface area contributed by atoms with Crippen LogP contribution in [-0.4, -0.2) is 24.5 Å². The molecule has 1 aliphatic rings. The molecule has 2 nitrogen and oxygen atoms in total. The van der Waals surface area contributed by atoms with Crippen molar-refractivity contribution >= 4 is 0 Å². The Hall–Kier alpha value is -0.930. The van der Waals surface area contributed by atoms with Crippen LogP contribution in [0.2, 0.25) is 0 Å². The molecule has 118 valence electrons. The van der Waals surface area contributed by atoms with Crippen LogP contribution in [0.3, 0.4) is 0 Å². The zero-order valence-electron chi connectivity index (χ0n) is 13.6. The van der Waals surface area contributed by atoms with Crippen LogP contribution in [0.5, 0.6) is 0 Å². The second-order valence-electron chi connectivity index (χ2n) is 6.72. The van der Waals surface area contributed by atoms with Crippen molar-refractivity contribution in [2.75, 3.05) is 19.6 Å². The highest BCUT2D eigenvalue weighted by Crippen LogP contribution is 2.30. The second kappa shape index (κ2) is 7.37. The van der Waals surface area contributed by atoms with Crippen molar-refractivity contribution in [2.45, 2.75) is 46.1 Å². The number of nitrogens with zero attached hydrogens (tertiary/aromatic N) is 1. The Balaban J connectivity index is 2.15. The smallest absolute Gasteiger partial charge is 0.123 e. The lowest BCUT2D eigenvalue weighted by Gasteiger charge is -2.31. The number of hydrogen-bond acceptors (Lipinski definition) is 2. The second-order valence-corrected chi connectivity index (χ2v) is 6.72. The van der Waals surface area contributed by atoms with Crippen LogP contribution < -0.4 is 5.73 Å². The molecule has 0 aromatic heterocycles. The summed E-state index contributed by atoms with van der Waals surface area (Å²) in [4.78, 5) is 2.46. The molecule has 1 fully saturated rings. The summed E-state index contributed by atoms with van der Waals surface area (Å²) in [5.41, 5.74) is 8.23. The minimum atomic E-state index is -0.163. The predicted molar refractivity (Wildman–Crippen MR) is 86.7 cm³/mol. The van der Waals surface area contributed by atoms with Gasteiger partial charge in [-0.1, -0.05) is 19.9 Å². The molecular weight excluding hydrogens is 263 g/mol. The number of halogens is 1. The average Bonchev–Trinajstić information content (AvgIpc) is 2.70. The van der Waals surface area contributed by atoms with E-state index in [1.165, 1.54) is 25.3 Å². The van der Waals surface area contributed by atoms with Crippen LogP contribution in [0.15, 0.2) is 18.2 Å². The van der Waals surface area contributed by atoms with E-state index in [4.69, 9.17) is 5.73 Å². The molecule has 21 heavy (non-hydrogen) atoms. The van der Waals surface area contributed by atoms with E-state index >= 15 is 0 Å².